The normalized spacial score (nSPS) is 11.6. The van der Waals surface area contributed by atoms with Crippen LogP contribution >= 0.6 is 11.6 Å². The minimum absolute atomic E-state index is 0.0777. The Morgan fingerprint density at radius 3 is 2.17 bits per heavy atom. The number of halogens is 1. The fraction of sp³-hybridized carbons (Fsp3) is 0. The maximum atomic E-state index is 12.6. The molecule has 0 fully saturated rings. The van der Waals surface area contributed by atoms with Crippen LogP contribution in [0.2, 0.25) is 5.02 Å². The van der Waals surface area contributed by atoms with Gasteiger partial charge in [0.25, 0.3) is 0 Å². The molecule has 4 aromatic rings. The molecule has 1 aromatic heterocycles. The lowest BCUT2D eigenvalue weighted by Crippen LogP contribution is -2.09. The third kappa shape index (κ3) is 4.79. The Morgan fingerprint density at radius 2 is 1.50 bits per heavy atom. The van der Waals surface area contributed by atoms with Crippen molar-refractivity contribution in [3.63, 3.8) is 0 Å². The Bertz CT molecular complexity index is 1270. The molecule has 0 radical (unpaired) electrons. The van der Waals surface area contributed by atoms with Gasteiger partial charge in [-0.25, -0.2) is 0 Å². The van der Waals surface area contributed by atoms with Gasteiger partial charge < -0.3 is 4.18 Å². The van der Waals surface area contributed by atoms with Crippen LogP contribution in [0.15, 0.2) is 96.4 Å². The van der Waals surface area contributed by atoms with Crippen LogP contribution < -0.4 is 4.18 Å². The number of hydrogen-bond donors (Lipinski definition) is 0. The lowest BCUT2D eigenvalue weighted by molar-refractivity contribution is 0.474. The fourth-order valence-electron chi connectivity index (χ4n) is 2.81. The van der Waals surface area contributed by atoms with Gasteiger partial charge in [0, 0.05) is 16.7 Å². The molecule has 0 aliphatic carbocycles. The highest BCUT2D eigenvalue weighted by molar-refractivity contribution is 7.90. The topological polar surface area (TPSA) is 61.2 Å². The fourth-order valence-corrected chi connectivity index (χ4v) is 3.68. The second kappa shape index (κ2) is 8.57. The zero-order valence-electron chi connectivity index (χ0n) is 15.7. The third-order valence-electron chi connectivity index (χ3n) is 4.25. The van der Waals surface area contributed by atoms with Crippen molar-refractivity contribution in [1.82, 2.24) is 9.78 Å². The molecule has 30 heavy (non-hydrogen) atoms. The summed E-state index contributed by atoms with van der Waals surface area (Å²) in [6, 6.07) is 27.1. The van der Waals surface area contributed by atoms with Gasteiger partial charge in [0.05, 0.1) is 16.8 Å². The predicted molar refractivity (Wildman–Crippen MR) is 119 cm³/mol. The molecule has 0 saturated heterocycles. The zero-order chi connectivity index (χ0) is 21.0. The number of hydrogen-bond acceptors (Lipinski definition) is 4. The molecule has 0 amide bonds. The third-order valence-corrected chi connectivity index (χ3v) is 5.37. The van der Waals surface area contributed by atoms with Gasteiger partial charge in [0.15, 0.2) is 0 Å². The van der Waals surface area contributed by atoms with Gasteiger partial charge in [-0.2, -0.15) is 18.2 Å². The molecule has 0 spiro atoms. The highest BCUT2D eigenvalue weighted by Crippen LogP contribution is 2.28. The summed E-state index contributed by atoms with van der Waals surface area (Å²) >= 11 is 5.98. The highest BCUT2D eigenvalue weighted by atomic mass is 35.5. The summed E-state index contributed by atoms with van der Waals surface area (Å²) < 4.78 is 32.0. The van der Waals surface area contributed by atoms with Crippen molar-refractivity contribution in [1.29, 1.82) is 0 Å². The first kappa shape index (κ1) is 19.9. The van der Waals surface area contributed by atoms with E-state index in [-0.39, 0.29) is 5.88 Å². The molecule has 7 heteroatoms. The standard InChI is InChI=1S/C23H17ClN2O3S/c24-20-11-13-21(14-12-20)26-23(17-22(25-26)19-9-5-2-6-10-19)29-30(27,28)16-15-18-7-3-1-4-8-18/h1-17H. The maximum Gasteiger partial charge on any atom is 0.333 e. The smallest absolute Gasteiger partial charge is 0.333 e. The molecule has 0 aliphatic rings. The monoisotopic (exact) mass is 436 g/mol. The second-order valence-corrected chi connectivity index (χ2v) is 8.27. The Labute approximate surface area is 180 Å². The molecule has 0 N–H and O–H groups in total. The van der Waals surface area contributed by atoms with E-state index in [4.69, 9.17) is 15.8 Å². The summed E-state index contributed by atoms with van der Waals surface area (Å²) in [4.78, 5) is 0. The van der Waals surface area contributed by atoms with E-state index in [9.17, 15) is 8.42 Å². The molecule has 0 bridgehead atoms. The first-order chi connectivity index (χ1) is 14.5. The number of aromatic nitrogens is 2. The molecule has 0 atom stereocenters. The molecule has 0 unspecified atom stereocenters. The van der Waals surface area contributed by atoms with E-state index < -0.39 is 10.1 Å². The molecule has 1 heterocycles. The summed E-state index contributed by atoms with van der Waals surface area (Å²) in [6.07, 6.45) is 1.48. The van der Waals surface area contributed by atoms with E-state index >= 15 is 0 Å². The first-order valence-electron chi connectivity index (χ1n) is 9.09. The van der Waals surface area contributed by atoms with Crippen molar-refractivity contribution in [3.05, 3.63) is 107 Å². The van der Waals surface area contributed by atoms with Gasteiger partial charge >= 0.3 is 10.1 Å². The number of rotatable bonds is 6. The Balaban J connectivity index is 1.71. The van der Waals surface area contributed by atoms with Crippen molar-refractivity contribution in [2.75, 3.05) is 0 Å². The van der Waals surface area contributed by atoms with Crippen LogP contribution in [0.5, 0.6) is 5.88 Å². The van der Waals surface area contributed by atoms with E-state index in [1.54, 1.807) is 42.5 Å². The van der Waals surface area contributed by atoms with Crippen LogP contribution in [0.25, 0.3) is 23.0 Å². The average molecular weight is 437 g/mol. The zero-order valence-corrected chi connectivity index (χ0v) is 17.3. The van der Waals surface area contributed by atoms with Gasteiger partial charge in [-0.1, -0.05) is 72.3 Å². The van der Waals surface area contributed by atoms with Crippen LogP contribution in [-0.2, 0) is 10.1 Å². The largest absolute Gasteiger partial charge is 0.358 e. The maximum absolute atomic E-state index is 12.6. The van der Waals surface area contributed by atoms with E-state index in [0.29, 0.717) is 16.4 Å². The predicted octanol–water partition coefficient (Wildman–Crippen LogP) is 5.57. The van der Waals surface area contributed by atoms with Gasteiger partial charge in [-0.15, -0.1) is 0 Å². The summed E-state index contributed by atoms with van der Waals surface area (Å²) in [5.41, 5.74) is 2.80. The van der Waals surface area contributed by atoms with Crippen LogP contribution in [0.4, 0.5) is 0 Å². The van der Waals surface area contributed by atoms with Gasteiger partial charge in [0.2, 0.25) is 5.88 Å². The second-order valence-electron chi connectivity index (χ2n) is 6.41. The van der Waals surface area contributed by atoms with Crippen molar-refractivity contribution in [2.24, 2.45) is 0 Å². The number of nitrogens with zero attached hydrogens (tertiary/aromatic N) is 2. The Morgan fingerprint density at radius 1 is 0.867 bits per heavy atom. The molecule has 0 aliphatic heterocycles. The van der Waals surface area contributed by atoms with Crippen molar-refractivity contribution >= 4 is 27.8 Å². The summed E-state index contributed by atoms with van der Waals surface area (Å²) in [5, 5.41) is 6.14. The molecule has 150 valence electrons. The Kier molecular flexibility index (Phi) is 5.70. The van der Waals surface area contributed by atoms with Gasteiger partial charge in [-0.05, 0) is 35.9 Å². The summed E-state index contributed by atoms with van der Waals surface area (Å²) in [5.74, 6) is 0.0777. The van der Waals surface area contributed by atoms with E-state index in [2.05, 4.69) is 5.10 Å². The van der Waals surface area contributed by atoms with Crippen molar-refractivity contribution in [3.8, 4) is 22.8 Å². The van der Waals surface area contributed by atoms with E-state index in [1.165, 1.54) is 10.8 Å². The van der Waals surface area contributed by atoms with Crippen LogP contribution in [0.1, 0.15) is 5.56 Å². The highest BCUT2D eigenvalue weighted by Gasteiger charge is 2.18. The summed E-state index contributed by atoms with van der Waals surface area (Å²) in [7, 11) is -4.01. The molecular formula is C23H17ClN2O3S. The average Bonchev–Trinajstić information content (AvgIpc) is 3.17. The van der Waals surface area contributed by atoms with Gasteiger partial charge in [-0.3, -0.25) is 0 Å². The Hall–Kier alpha value is -3.35. The summed E-state index contributed by atoms with van der Waals surface area (Å²) in [6.45, 7) is 0. The minimum atomic E-state index is -4.01. The quantitative estimate of drug-likeness (QED) is 0.370. The minimum Gasteiger partial charge on any atom is -0.358 e. The SMILES string of the molecule is O=S(=O)(C=Cc1ccccc1)Oc1cc(-c2ccccc2)nn1-c1ccc(Cl)cc1. The van der Waals surface area contributed by atoms with Crippen molar-refractivity contribution in [2.45, 2.75) is 0 Å². The van der Waals surface area contributed by atoms with Crippen LogP contribution in [0, 0.1) is 0 Å². The first-order valence-corrected chi connectivity index (χ1v) is 10.9. The molecule has 5 nitrogen and oxygen atoms in total. The van der Waals surface area contributed by atoms with E-state index in [1.807, 2.05) is 48.5 Å². The molecule has 4 rings (SSSR count). The van der Waals surface area contributed by atoms with Gasteiger partial charge in [0.1, 0.15) is 0 Å². The van der Waals surface area contributed by atoms with E-state index in [0.717, 1.165) is 16.5 Å². The molecule has 0 saturated carbocycles. The van der Waals surface area contributed by atoms with Crippen LogP contribution in [0.3, 0.4) is 0 Å². The molecular weight excluding hydrogens is 420 g/mol. The lowest BCUT2D eigenvalue weighted by atomic mass is 10.2. The van der Waals surface area contributed by atoms with Crippen molar-refractivity contribution < 1.29 is 12.6 Å². The lowest BCUT2D eigenvalue weighted by Gasteiger charge is -2.07. The molecule has 3 aromatic carbocycles. The number of benzene rings is 3. The van der Waals surface area contributed by atoms with Crippen LogP contribution in [-0.4, -0.2) is 18.2 Å².